The van der Waals surface area contributed by atoms with E-state index in [1.165, 1.54) is 83.5 Å². The van der Waals surface area contributed by atoms with Gasteiger partial charge in [-0.1, -0.05) is 98.3 Å². The van der Waals surface area contributed by atoms with Crippen molar-refractivity contribution in [2.24, 2.45) is 11.8 Å². The van der Waals surface area contributed by atoms with E-state index in [-0.39, 0.29) is 0 Å². The quantitative estimate of drug-likeness (QED) is 0.212. The molecule has 0 aliphatic rings. The zero-order valence-electron chi connectivity index (χ0n) is 16.5. The lowest BCUT2D eigenvalue weighted by Gasteiger charge is -2.22. The van der Waals surface area contributed by atoms with Gasteiger partial charge in [0.1, 0.15) is 5.94 Å². The number of unbranched alkanes of at least 4 members (excludes halogenated alkanes) is 10. The van der Waals surface area contributed by atoms with Crippen LogP contribution in [0.5, 0.6) is 0 Å². The molecule has 0 aliphatic heterocycles. The van der Waals surface area contributed by atoms with E-state index in [4.69, 9.17) is 0 Å². The summed E-state index contributed by atoms with van der Waals surface area (Å²) in [5.41, 5.74) is 1.07. The van der Waals surface area contributed by atoms with Gasteiger partial charge < -0.3 is 0 Å². The summed E-state index contributed by atoms with van der Waals surface area (Å²) >= 11 is 0. The second-order valence-corrected chi connectivity index (χ2v) is 7.55. The Morgan fingerprint density at radius 3 is 1.70 bits per heavy atom. The highest BCUT2D eigenvalue weighted by Gasteiger charge is 2.18. The van der Waals surface area contributed by atoms with Crippen molar-refractivity contribution < 1.29 is 4.79 Å². The van der Waals surface area contributed by atoms with Crippen LogP contribution in [0.15, 0.2) is 5.57 Å². The van der Waals surface area contributed by atoms with E-state index in [1.54, 1.807) is 0 Å². The molecular weight excluding hydrogens is 280 g/mol. The van der Waals surface area contributed by atoms with Crippen LogP contribution >= 0.6 is 0 Å². The van der Waals surface area contributed by atoms with Crippen LogP contribution in [0, 0.1) is 11.8 Å². The standard InChI is InChI=1S/C22H42O/c1-5-7-9-11-13-15-17-21(19-23)22(20(3)4)18-16-14-12-10-8-6-2/h20,22H,5-18H2,1-4H3. The monoisotopic (exact) mass is 322 g/mol. The SMILES string of the molecule is CCCCCCCCC(=C=O)C(CCCCCCCC)C(C)C. The first-order valence-corrected chi connectivity index (χ1v) is 10.4. The lowest BCUT2D eigenvalue weighted by Crippen LogP contribution is -2.13. The van der Waals surface area contributed by atoms with Gasteiger partial charge in [-0.3, -0.25) is 0 Å². The maximum absolute atomic E-state index is 11.4. The molecule has 0 aliphatic carbocycles. The first-order valence-electron chi connectivity index (χ1n) is 10.4. The van der Waals surface area contributed by atoms with Crippen molar-refractivity contribution in [3.05, 3.63) is 5.57 Å². The van der Waals surface area contributed by atoms with Crippen molar-refractivity contribution in [1.82, 2.24) is 0 Å². The molecule has 0 N–H and O–H groups in total. The first kappa shape index (κ1) is 22.4. The predicted octanol–water partition coefficient (Wildman–Crippen LogP) is 7.52. The normalized spacial score (nSPS) is 12.4. The first-order chi connectivity index (χ1) is 11.2. The number of hydrogen-bond donors (Lipinski definition) is 0. The Balaban J connectivity index is 4.04. The lowest BCUT2D eigenvalue weighted by atomic mass is 9.82. The van der Waals surface area contributed by atoms with Gasteiger partial charge >= 0.3 is 0 Å². The summed E-state index contributed by atoms with van der Waals surface area (Å²) in [5.74, 6) is 3.35. The molecule has 0 aromatic carbocycles. The summed E-state index contributed by atoms with van der Waals surface area (Å²) < 4.78 is 0. The highest BCUT2D eigenvalue weighted by atomic mass is 16.1. The molecule has 0 bridgehead atoms. The number of rotatable bonds is 16. The van der Waals surface area contributed by atoms with Crippen molar-refractivity contribution in [3.8, 4) is 0 Å². The number of hydrogen-bond acceptors (Lipinski definition) is 1. The van der Waals surface area contributed by atoms with Gasteiger partial charge in [0.05, 0.1) is 0 Å². The van der Waals surface area contributed by atoms with E-state index in [0.717, 1.165) is 12.0 Å². The molecule has 0 aromatic heterocycles. The van der Waals surface area contributed by atoms with Gasteiger partial charge in [-0.15, -0.1) is 0 Å². The van der Waals surface area contributed by atoms with Gasteiger partial charge in [0, 0.05) is 5.57 Å². The number of carbonyl (C=O) groups excluding carboxylic acids is 1. The Kier molecular flexibility index (Phi) is 15.9. The fourth-order valence-electron chi connectivity index (χ4n) is 3.46. The van der Waals surface area contributed by atoms with E-state index in [9.17, 15) is 4.79 Å². The molecule has 0 saturated carbocycles. The van der Waals surface area contributed by atoms with Crippen molar-refractivity contribution in [3.63, 3.8) is 0 Å². The molecule has 0 spiro atoms. The zero-order valence-corrected chi connectivity index (χ0v) is 16.5. The second kappa shape index (κ2) is 16.3. The Morgan fingerprint density at radius 2 is 1.22 bits per heavy atom. The lowest BCUT2D eigenvalue weighted by molar-refractivity contribution is 0.383. The minimum Gasteiger partial charge on any atom is -0.234 e. The van der Waals surface area contributed by atoms with Gasteiger partial charge in [-0.2, -0.15) is 0 Å². The van der Waals surface area contributed by atoms with E-state index in [2.05, 4.69) is 33.6 Å². The molecule has 1 unspecified atom stereocenters. The van der Waals surface area contributed by atoms with Crippen LogP contribution < -0.4 is 0 Å². The van der Waals surface area contributed by atoms with Crippen LogP contribution in [0.4, 0.5) is 0 Å². The van der Waals surface area contributed by atoms with Crippen molar-refractivity contribution in [2.45, 2.75) is 118 Å². The Morgan fingerprint density at radius 1 is 0.739 bits per heavy atom. The molecule has 23 heavy (non-hydrogen) atoms. The fourth-order valence-corrected chi connectivity index (χ4v) is 3.46. The predicted molar refractivity (Wildman–Crippen MR) is 104 cm³/mol. The van der Waals surface area contributed by atoms with Crippen molar-refractivity contribution in [1.29, 1.82) is 0 Å². The largest absolute Gasteiger partial charge is 0.234 e. The van der Waals surface area contributed by atoms with Crippen LogP contribution in [0.25, 0.3) is 0 Å². The third kappa shape index (κ3) is 12.5. The minimum atomic E-state index is 0.467. The summed E-state index contributed by atoms with van der Waals surface area (Å²) in [4.78, 5) is 11.4. The zero-order chi connectivity index (χ0) is 17.3. The van der Waals surface area contributed by atoms with E-state index in [1.807, 2.05) is 0 Å². The van der Waals surface area contributed by atoms with E-state index < -0.39 is 0 Å². The highest BCUT2D eigenvalue weighted by Crippen LogP contribution is 2.28. The summed E-state index contributed by atoms with van der Waals surface area (Å²) in [6.07, 6.45) is 17.9. The smallest absolute Gasteiger partial charge is 0.123 e. The van der Waals surface area contributed by atoms with Crippen LogP contribution in [-0.4, -0.2) is 5.94 Å². The van der Waals surface area contributed by atoms with Crippen LogP contribution in [-0.2, 0) is 4.79 Å². The maximum Gasteiger partial charge on any atom is 0.123 e. The molecule has 0 amide bonds. The molecule has 136 valence electrons. The summed E-state index contributed by atoms with van der Waals surface area (Å²) in [6.45, 7) is 9.04. The van der Waals surface area contributed by atoms with Crippen LogP contribution in [0.3, 0.4) is 0 Å². The molecule has 0 radical (unpaired) electrons. The number of allylic oxidation sites excluding steroid dienone is 1. The fraction of sp³-hybridized carbons (Fsp3) is 0.909. The molecule has 0 fully saturated rings. The topological polar surface area (TPSA) is 17.1 Å². The Labute approximate surface area is 146 Å². The van der Waals surface area contributed by atoms with Gasteiger partial charge in [0.15, 0.2) is 0 Å². The highest BCUT2D eigenvalue weighted by molar-refractivity contribution is 5.53. The van der Waals surface area contributed by atoms with Crippen LogP contribution in [0.2, 0.25) is 0 Å². The van der Waals surface area contributed by atoms with E-state index >= 15 is 0 Å². The molecule has 1 atom stereocenters. The maximum atomic E-state index is 11.4. The van der Waals surface area contributed by atoms with Crippen LogP contribution in [0.1, 0.15) is 118 Å². The van der Waals surface area contributed by atoms with Crippen molar-refractivity contribution in [2.75, 3.05) is 0 Å². The third-order valence-corrected chi connectivity index (χ3v) is 5.05. The summed E-state index contributed by atoms with van der Waals surface area (Å²) in [6, 6.07) is 0. The molecule has 0 saturated heterocycles. The molecule has 0 aromatic rings. The van der Waals surface area contributed by atoms with Gasteiger partial charge in [-0.05, 0) is 31.1 Å². The Hall–Kier alpha value is -0.550. The molecule has 1 nitrogen and oxygen atoms in total. The van der Waals surface area contributed by atoms with Crippen molar-refractivity contribution >= 4 is 5.94 Å². The summed E-state index contributed by atoms with van der Waals surface area (Å²) in [5, 5.41) is 0. The summed E-state index contributed by atoms with van der Waals surface area (Å²) in [7, 11) is 0. The molecule has 0 heterocycles. The minimum absolute atomic E-state index is 0.467. The van der Waals surface area contributed by atoms with Gasteiger partial charge in [0.25, 0.3) is 0 Å². The molecular formula is C22H42O. The second-order valence-electron chi connectivity index (χ2n) is 7.55. The average molecular weight is 323 g/mol. The molecule has 1 heteroatoms. The van der Waals surface area contributed by atoms with Gasteiger partial charge in [-0.25, -0.2) is 4.79 Å². The van der Waals surface area contributed by atoms with E-state index in [0.29, 0.717) is 11.8 Å². The average Bonchev–Trinajstić information content (AvgIpc) is 2.54. The Bertz CT molecular complexity index is 299. The van der Waals surface area contributed by atoms with Gasteiger partial charge in [0.2, 0.25) is 0 Å². The molecule has 0 rings (SSSR count). The third-order valence-electron chi connectivity index (χ3n) is 5.05.